The number of hydrogen-bond donors (Lipinski definition) is 0. The van der Waals surface area contributed by atoms with E-state index < -0.39 is 0 Å². The molecule has 4 unspecified atom stereocenters. The lowest BCUT2D eigenvalue weighted by Gasteiger charge is -2.45. The molecule has 0 radical (unpaired) electrons. The van der Waals surface area contributed by atoms with E-state index in [2.05, 4.69) is 49.3 Å². The molecule has 0 aromatic carbocycles. The molecule has 0 heterocycles. The molecule has 0 N–H and O–H groups in total. The van der Waals surface area contributed by atoms with Crippen LogP contribution in [0.3, 0.4) is 0 Å². The van der Waals surface area contributed by atoms with Gasteiger partial charge in [-0.25, -0.2) is 0 Å². The minimum Gasteiger partial charge on any atom is -0.0978 e. The molecule has 6 saturated carbocycles. The highest BCUT2D eigenvalue weighted by molar-refractivity contribution is 8.77. The van der Waals surface area contributed by atoms with Gasteiger partial charge in [0.05, 0.1) is 9.49 Å². The van der Waals surface area contributed by atoms with E-state index in [4.69, 9.17) is 13.2 Å². The Bertz CT molecular complexity index is 738. The first-order valence-corrected chi connectivity index (χ1v) is 15.0. The van der Waals surface area contributed by atoms with Crippen molar-refractivity contribution in [2.45, 2.75) is 114 Å². The fourth-order valence-corrected chi connectivity index (χ4v) is 16.0. The van der Waals surface area contributed by atoms with Gasteiger partial charge >= 0.3 is 0 Å². The minimum atomic E-state index is 0.279. The molecule has 2 heteroatoms. The monoisotopic (exact) mass is 442 g/mol. The lowest BCUT2D eigenvalue weighted by molar-refractivity contribution is 0.160. The van der Waals surface area contributed by atoms with Gasteiger partial charge in [0.2, 0.25) is 0 Å². The molecule has 6 aliphatic rings. The topological polar surface area (TPSA) is 0 Å². The summed E-state index contributed by atoms with van der Waals surface area (Å²) in [5.74, 6) is 1.73. The van der Waals surface area contributed by atoms with Crippen molar-refractivity contribution in [2.75, 3.05) is 0 Å². The van der Waals surface area contributed by atoms with Gasteiger partial charge in [0.15, 0.2) is 0 Å². The van der Waals surface area contributed by atoms with Crippen molar-refractivity contribution in [1.29, 1.82) is 0 Å². The number of hydrogen-bond acceptors (Lipinski definition) is 2. The first-order valence-electron chi connectivity index (χ1n) is 12.9. The van der Waals surface area contributed by atoms with Crippen molar-refractivity contribution in [1.82, 2.24) is 0 Å². The lowest BCUT2D eigenvalue weighted by atomic mass is 9.67. The van der Waals surface area contributed by atoms with E-state index in [-0.39, 0.29) is 9.49 Å². The second kappa shape index (κ2) is 5.99. The zero-order valence-electron chi connectivity index (χ0n) is 19.9. The summed E-state index contributed by atoms with van der Waals surface area (Å²) in [6.45, 7) is 20.3. The maximum Gasteiger partial charge on any atom is 0.0528 e. The smallest absolute Gasteiger partial charge is 0.0528 e. The van der Waals surface area contributed by atoms with E-state index in [1.807, 2.05) is 0 Å². The summed E-state index contributed by atoms with van der Waals surface area (Å²) in [5.41, 5.74) is 5.04. The van der Waals surface area contributed by atoms with Gasteiger partial charge < -0.3 is 0 Å². The Kier molecular flexibility index (Phi) is 4.15. The van der Waals surface area contributed by atoms with Crippen molar-refractivity contribution < 1.29 is 0 Å². The van der Waals surface area contributed by atoms with Crippen molar-refractivity contribution >= 4 is 21.6 Å². The SMILES string of the molecule is C=C1C2(CCCC2)C2CCC1(SSC13CCC(C4(CCCC4)C1=C)C3(C)C)C2(C)C. The molecule has 166 valence electrons. The summed E-state index contributed by atoms with van der Waals surface area (Å²) in [6, 6.07) is 0. The standard InChI is InChI=1S/C28H42S2/c1-19-25(13-7-8-14-25)21-11-17-27(19,23(21,3)4)29-30-28-18-12-22(24(28,5)6)26(20(28)2)15-9-10-16-26/h21-22H,1-2,7-18H2,3-6H3. The molecule has 6 aliphatic carbocycles. The van der Waals surface area contributed by atoms with Crippen LogP contribution in [0.4, 0.5) is 0 Å². The Morgan fingerprint density at radius 1 is 0.600 bits per heavy atom. The lowest BCUT2D eigenvalue weighted by Crippen LogP contribution is -2.39. The highest BCUT2D eigenvalue weighted by Crippen LogP contribution is 2.83. The second-order valence-corrected chi connectivity index (χ2v) is 15.9. The van der Waals surface area contributed by atoms with Crippen LogP contribution in [0, 0.1) is 33.5 Å². The van der Waals surface area contributed by atoms with Gasteiger partial charge in [-0.2, -0.15) is 0 Å². The molecular formula is C28H42S2. The molecule has 0 aromatic heterocycles. The van der Waals surface area contributed by atoms with Crippen molar-refractivity contribution in [2.24, 2.45) is 33.5 Å². The van der Waals surface area contributed by atoms with E-state index in [1.165, 1.54) is 77.0 Å². The van der Waals surface area contributed by atoms with Crippen molar-refractivity contribution in [3.63, 3.8) is 0 Å². The molecule has 4 bridgehead atoms. The molecule has 0 nitrogen and oxygen atoms in total. The molecular weight excluding hydrogens is 400 g/mol. The molecule has 0 aromatic rings. The molecule has 0 aliphatic heterocycles. The number of rotatable bonds is 3. The predicted molar refractivity (Wildman–Crippen MR) is 134 cm³/mol. The average molecular weight is 443 g/mol. The van der Waals surface area contributed by atoms with E-state index in [1.54, 1.807) is 11.1 Å². The fourth-order valence-electron chi connectivity index (χ4n) is 10.7. The maximum absolute atomic E-state index is 4.91. The van der Waals surface area contributed by atoms with Crippen LogP contribution < -0.4 is 0 Å². The largest absolute Gasteiger partial charge is 0.0978 e. The Balaban J connectivity index is 1.36. The van der Waals surface area contributed by atoms with Gasteiger partial charge in [0.1, 0.15) is 0 Å². The zero-order valence-corrected chi connectivity index (χ0v) is 21.5. The quantitative estimate of drug-likeness (QED) is 0.316. The summed E-state index contributed by atoms with van der Waals surface area (Å²) in [6.07, 6.45) is 17.0. The summed E-state index contributed by atoms with van der Waals surface area (Å²) in [5, 5.41) is 0. The highest BCUT2D eigenvalue weighted by Gasteiger charge is 2.75. The second-order valence-electron chi connectivity index (χ2n) is 13.1. The normalized spacial score (nSPS) is 46.1. The summed E-state index contributed by atoms with van der Waals surface area (Å²) in [7, 11) is 4.60. The average Bonchev–Trinajstić information content (AvgIpc) is 3.47. The third-order valence-corrected chi connectivity index (χ3v) is 16.8. The van der Waals surface area contributed by atoms with Crippen LogP contribution >= 0.6 is 21.6 Å². The fraction of sp³-hybridized carbons (Fsp3) is 0.857. The van der Waals surface area contributed by atoms with E-state index in [0.29, 0.717) is 21.7 Å². The Hall–Kier alpha value is 0.180. The first kappa shape index (κ1) is 20.8. The summed E-state index contributed by atoms with van der Waals surface area (Å²) in [4.78, 5) is 0. The molecule has 0 saturated heterocycles. The molecule has 0 amide bonds. The summed E-state index contributed by atoms with van der Waals surface area (Å²) >= 11 is 0. The predicted octanol–water partition coefficient (Wildman–Crippen LogP) is 8.98. The van der Waals surface area contributed by atoms with Gasteiger partial charge in [0, 0.05) is 0 Å². The van der Waals surface area contributed by atoms with Gasteiger partial charge in [0.25, 0.3) is 0 Å². The first-order chi connectivity index (χ1) is 14.1. The highest BCUT2D eigenvalue weighted by atomic mass is 33.1. The zero-order chi connectivity index (χ0) is 21.2. The van der Waals surface area contributed by atoms with Crippen LogP contribution in [0.1, 0.15) is 105 Å². The molecule has 6 fully saturated rings. The van der Waals surface area contributed by atoms with Crippen LogP contribution in [-0.2, 0) is 0 Å². The van der Waals surface area contributed by atoms with Crippen LogP contribution in [0.5, 0.6) is 0 Å². The van der Waals surface area contributed by atoms with Crippen molar-refractivity contribution in [3.05, 3.63) is 24.3 Å². The molecule has 4 atom stereocenters. The van der Waals surface area contributed by atoms with Gasteiger partial charge in [-0.1, -0.05) is 99.3 Å². The van der Waals surface area contributed by atoms with E-state index in [9.17, 15) is 0 Å². The Morgan fingerprint density at radius 2 is 0.933 bits per heavy atom. The van der Waals surface area contributed by atoms with Crippen LogP contribution in [0.15, 0.2) is 24.3 Å². The Labute approximate surface area is 193 Å². The molecule has 2 spiro atoms. The molecule has 6 rings (SSSR count). The third-order valence-electron chi connectivity index (χ3n) is 12.2. The number of fused-ring (bicyclic) bond motifs is 6. The molecule has 30 heavy (non-hydrogen) atoms. The van der Waals surface area contributed by atoms with Crippen LogP contribution in [-0.4, -0.2) is 9.49 Å². The van der Waals surface area contributed by atoms with Gasteiger partial charge in [-0.05, 0) is 84.9 Å². The Morgan fingerprint density at radius 3 is 1.27 bits per heavy atom. The van der Waals surface area contributed by atoms with Gasteiger partial charge in [-0.3, -0.25) is 0 Å². The third kappa shape index (κ3) is 1.96. The van der Waals surface area contributed by atoms with Crippen molar-refractivity contribution in [3.8, 4) is 0 Å². The van der Waals surface area contributed by atoms with Crippen LogP contribution in [0.25, 0.3) is 0 Å². The van der Waals surface area contributed by atoms with E-state index >= 15 is 0 Å². The van der Waals surface area contributed by atoms with Crippen LogP contribution in [0.2, 0.25) is 0 Å². The summed E-state index contributed by atoms with van der Waals surface area (Å²) < 4.78 is 0.558. The minimum absolute atomic E-state index is 0.279. The van der Waals surface area contributed by atoms with E-state index in [0.717, 1.165) is 11.8 Å². The van der Waals surface area contributed by atoms with Gasteiger partial charge in [-0.15, -0.1) is 0 Å². The maximum atomic E-state index is 4.91.